The Labute approximate surface area is 152 Å². The summed E-state index contributed by atoms with van der Waals surface area (Å²) in [6.07, 6.45) is 6.97. The number of aromatic nitrogens is 5. The van der Waals surface area contributed by atoms with Crippen LogP contribution in [0.15, 0.2) is 24.8 Å². The number of nitriles is 1. The molecule has 8 heteroatoms. The third-order valence-corrected chi connectivity index (χ3v) is 5.21. The molecule has 26 heavy (non-hydrogen) atoms. The first-order valence-electron chi connectivity index (χ1n) is 8.75. The zero-order valence-electron chi connectivity index (χ0n) is 15.3. The molecule has 0 spiro atoms. The molecule has 0 atom stereocenters. The lowest BCUT2D eigenvalue weighted by atomic mass is 9.89. The van der Waals surface area contributed by atoms with Gasteiger partial charge in [-0.1, -0.05) is 6.92 Å². The summed E-state index contributed by atoms with van der Waals surface area (Å²) >= 11 is 0. The Morgan fingerprint density at radius 1 is 1.38 bits per heavy atom. The maximum absolute atomic E-state index is 9.21. The molecule has 0 radical (unpaired) electrons. The Kier molecular flexibility index (Phi) is 3.89. The van der Waals surface area contributed by atoms with E-state index in [0.717, 1.165) is 47.7 Å². The average molecular weight is 350 g/mol. The minimum absolute atomic E-state index is 0.239. The molecule has 1 saturated heterocycles. The molecule has 1 N–H and O–H groups in total. The summed E-state index contributed by atoms with van der Waals surface area (Å²) < 4.78 is 3.95. The summed E-state index contributed by atoms with van der Waals surface area (Å²) in [4.78, 5) is 10.9. The molecule has 1 aliphatic rings. The van der Waals surface area contributed by atoms with Gasteiger partial charge < -0.3 is 14.8 Å². The minimum Gasteiger partial charge on any atom is -0.334 e. The number of imidazole rings is 1. The molecule has 4 rings (SSSR count). The van der Waals surface area contributed by atoms with Crippen molar-refractivity contribution in [2.75, 3.05) is 25.0 Å². The second-order valence-corrected chi connectivity index (χ2v) is 6.88. The van der Waals surface area contributed by atoms with Gasteiger partial charge in [0.1, 0.15) is 16.9 Å². The van der Waals surface area contributed by atoms with Gasteiger partial charge in [-0.2, -0.15) is 10.4 Å². The Bertz CT molecular complexity index is 988. The lowest BCUT2D eigenvalue weighted by molar-refractivity contribution is 0.161. The first-order chi connectivity index (χ1) is 12.6. The largest absolute Gasteiger partial charge is 0.334 e. The smallest absolute Gasteiger partial charge is 0.159 e. The molecule has 8 nitrogen and oxygen atoms in total. The van der Waals surface area contributed by atoms with Gasteiger partial charge in [0, 0.05) is 45.0 Å². The number of nitrogens with zero attached hydrogens (tertiary/aromatic N) is 7. The second-order valence-electron chi connectivity index (χ2n) is 6.88. The van der Waals surface area contributed by atoms with Gasteiger partial charge in [-0.3, -0.25) is 4.68 Å². The van der Waals surface area contributed by atoms with Crippen LogP contribution in [-0.4, -0.2) is 44.5 Å². The number of pyridine rings is 1. The van der Waals surface area contributed by atoms with Gasteiger partial charge in [-0.05, 0) is 6.42 Å². The molecular weight excluding hydrogens is 328 g/mol. The maximum atomic E-state index is 9.21. The quantitative estimate of drug-likeness (QED) is 0.754. The van der Waals surface area contributed by atoms with E-state index in [2.05, 4.69) is 34.5 Å². The standard InChI is InChI=1S/C18H22N8/c1-4-13-9-26(18(5-6-19)10-20-11-18)23-17(13)25(3)16-7-15-14(8-21-16)22-12-24(15)2/h7-9,12,20H,4-5,10-11H2,1-3H3. The molecule has 3 aromatic heterocycles. The molecule has 0 saturated carbocycles. The van der Waals surface area contributed by atoms with Gasteiger partial charge in [0.2, 0.25) is 0 Å². The molecule has 134 valence electrons. The normalized spacial score (nSPS) is 15.6. The van der Waals surface area contributed by atoms with Crippen LogP contribution in [0.2, 0.25) is 0 Å². The van der Waals surface area contributed by atoms with E-state index in [4.69, 9.17) is 5.10 Å². The topological polar surface area (TPSA) is 87.6 Å². The van der Waals surface area contributed by atoms with Crippen molar-refractivity contribution in [2.45, 2.75) is 25.3 Å². The van der Waals surface area contributed by atoms with Gasteiger partial charge in [0.05, 0.1) is 30.5 Å². The summed E-state index contributed by atoms with van der Waals surface area (Å²) in [7, 11) is 3.95. The summed E-state index contributed by atoms with van der Waals surface area (Å²) in [5.74, 6) is 1.70. The molecule has 1 fully saturated rings. The molecule has 0 aliphatic carbocycles. The van der Waals surface area contributed by atoms with Crippen molar-refractivity contribution in [1.29, 1.82) is 5.26 Å². The summed E-state index contributed by atoms with van der Waals surface area (Å²) in [5, 5.41) is 17.3. The van der Waals surface area contributed by atoms with E-state index in [1.54, 1.807) is 12.5 Å². The van der Waals surface area contributed by atoms with Crippen LogP contribution >= 0.6 is 0 Å². The van der Waals surface area contributed by atoms with Crippen LogP contribution in [0.3, 0.4) is 0 Å². The van der Waals surface area contributed by atoms with Crippen LogP contribution < -0.4 is 10.2 Å². The molecule has 1 aliphatic heterocycles. The zero-order chi connectivity index (χ0) is 18.3. The van der Waals surface area contributed by atoms with Crippen molar-refractivity contribution in [1.82, 2.24) is 29.6 Å². The Morgan fingerprint density at radius 3 is 2.85 bits per heavy atom. The van der Waals surface area contributed by atoms with E-state index >= 15 is 0 Å². The fourth-order valence-corrected chi connectivity index (χ4v) is 3.42. The van der Waals surface area contributed by atoms with E-state index in [1.807, 2.05) is 34.3 Å². The number of hydrogen-bond acceptors (Lipinski definition) is 6. The number of anilines is 2. The average Bonchev–Trinajstić information content (AvgIpc) is 3.21. The molecule has 0 aromatic carbocycles. The van der Waals surface area contributed by atoms with E-state index in [9.17, 15) is 5.26 Å². The van der Waals surface area contributed by atoms with Gasteiger partial charge >= 0.3 is 0 Å². The molecule has 4 heterocycles. The van der Waals surface area contributed by atoms with E-state index in [0.29, 0.717) is 6.42 Å². The number of aryl methyl sites for hydroxylation is 2. The summed E-state index contributed by atoms with van der Waals surface area (Å²) in [5.41, 5.74) is 2.81. The summed E-state index contributed by atoms with van der Waals surface area (Å²) in [6.45, 7) is 3.66. The lowest BCUT2D eigenvalue weighted by Gasteiger charge is -2.41. The monoisotopic (exact) mass is 350 g/mol. The SMILES string of the molecule is CCc1cn(C2(CC#N)CNC2)nc1N(C)c1cc2c(cn1)ncn2C. The number of fused-ring (bicyclic) bond motifs is 1. The molecule has 0 bridgehead atoms. The Hall–Kier alpha value is -2.92. The highest BCUT2D eigenvalue weighted by atomic mass is 15.4. The Balaban J connectivity index is 1.74. The fourth-order valence-electron chi connectivity index (χ4n) is 3.42. The van der Waals surface area contributed by atoms with Crippen molar-refractivity contribution < 1.29 is 0 Å². The number of nitrogens with one attached hydrogen (secondary N) is 1. The third kappa shape index (κ3) is 2.44. The van der Waals surface area contributed by atoms with Crippen molar-refractivity contribution in [3.63, 3.8) is 0 Å². The molecule has 0 amide bonds. The number of hydrogen-bond donors (Lipinski definition) is 1. The van der Waals surface area contributed by atoms with Crippen molar-refractivity contribution in [3.05, 3.63) is 30.4 Å². The van der Waals surface area contributed by atoms with Crippen molar-refractivity contribution in [2.24, 2.45) is 7.05 Å². The van der Waals surface area contributed by atoms with Gasteiger partial charge in [-0.25, -0.2) is 9.97 Å². The predicted molar refractivity (Wildman–Crippen MR) is 99.3 cm³/mol. The Morgan fingerprint density at radius 2 is 2.19 bits per heavy atom. The second kappa shape index (κ2) is 6.11. The van der Waals surface area contributed by atoms with Crippen LogP contribution in [0.4, 0.5) is 11.6 Å². The first-order valence-corrected chi connectivity index (χ1v) is 8.75. The van der Waals surface area contributed by atoms with Gasteiger partial charge in [0.25, 0.3) is 0 Å². The van der Waals surface area contributed by atoms with Crippen LogP contribution in [0.1, 0.15) is 18.9 Å². The maximum Gasteiger partial charge on any atom is 0.159 e. The van der Waals surface area contributed by atoms with Crippen LogP contribution in [0.5, 0.6) is 0 Å². The predicted octanol–water partition coefficient (Wildman–Crippen LogP) is 1.71. The summed E-state index contributed by atoms with van der Waals surface area (Å²) in [6, 6.07) is 4.33. The minimum atomic E-state index is -0.239. The molecule has 3 aromatic rings. The van der Waals surface area contributed by atoms with E-state index < -0.39 is 0 Å². The highest BCUT2D eigenvalue weighted by molar-refractivity contribution is 5.78. The van der Waals surface area contributed by atoms with Crippen molar-refractivity contribution in [3.8, 4) is 6.07 Å². The van der Waals surface area contributed by atoms with Gasteiger partial charge in [-0.15, -0.1) is 0 Å². The third-order valence-electron chi connectivity index (χ3n) is 5.21. The number of rotatable bonds is 5. The zero-order valence-corrected chi connectivity index (χ0v) is 15.3. The van der Waals surface area contributed by atoms with E-state index in [-0.39, 0.29) is 5.54 Å². The van der Waals surface area contributed by atoms with Gasteiger partial charge in [0.15, 0.2) is 5.82 Å². The fraction of sp³-hybridized carbons (Fsp3) is 0.444. The van der Waals surface area contributed by atoms with Crippen LogP contribution in [0.25, 0.3) is 11.0 Å². The first kappa shape index (κ1) is 16.5. The molecular formula is C18H22N8. The van der Waals surface area contributed by atoms with E-state index in [1.165, 1.54) is 0 Å². The lowest BCUT2D eigenvalue weighted by Crippen LogP contribution is -2.60. The molecule has 0 unspecified atom stereocenters. The van der Waals surface area contributed by atoms with Crippen LogP contribution in [0, 0.1) is 11.3 Å². The van der Waals surface area contributed by atoms with Crippen molar-refractivity contribution >= 4 is 22.7 Å². The highest BCUT2D eigenvalue weighted by Gasteiger charge is 2.40. The van der Waals surface area contributed by atoms with Crippen LogP contribution in [-0.2, 0) is 19.0 Å². The highest BCUT2D eigenvalue weighted by Crippen LogP contribution is 2.31.